The maximum absolute atomic E-state index is 5.96. The highest BCUT2D eigenvalue weighted by molar-refractivity contribution is 9.13. The highest BCUT2D eigenvalue weighted by atomic mass is 79.9. The fourth-order valence-corrected chi connectivity index (χ4v) is 1.91. The first-order valence-corrected chi connectivity index (χ1v) is 6.36. The van der Waals surface area contributed by atoms with Crippen LogP contribution in [-0.2, 0) is 0 Å². The molecule has 16 heavy (non-hydrogen) atoms. The first kappa shape index (κ1) is 11.9. The van der Waals surface area contributed by atoms with Gasteiger partial charge >= 0.3 is 0 Å². The normalized spacial score (nSPS) is 11.2. The molecule has 0 spiro atoms. The molecule has 0 radical (unpaired) electrons. The standard InChI is InChI=1S/C11H6Br2ClNO/c12-8-5-7(16-11(8)13)6-15-10-4-2-1-3-9(10)14/h1-6H. The Bertz CT molecular complexity index is 517. The van der Waals surface area contributed by atoms with E-state index in [4.69, 9.17) is 16.0 Å². The summed E-state index contributed by atoms with van der Waals surface area (Å²) in [6, 6.07) is 9.20. The molecule has 0 bridgehead atoms. The fraction of sp³-hybridized carbons (Fsp3) is 0. The molecule has 5 heteroatoms. The Labute approximate surface area is 115 Å². The summed E-state index contributed by atoms with van der Waals surface area (Å²) in [4.78, 5) is 4.24. The van der Waals surface area contributed by atoms with E-state index in [1.165, 1.54) is 0 Å². The number of benzene rings is 1. The van der Waals surface area contributed by atoms with Crippen LogP contribution in [0.25, 0.3) is 0 Å². The van der Waals surface area contributed by atoms with Crippen molar-refractivity contribution in [3.8, 4) is 0 Å². The van der Waals surface area contributed by atoms with Crippen molar-refractivity contribution in [1.29, 1.82) is 0 Å². The monoisotopic (exact) mass is 361 g/mol. The summed E-state index contributed by atoms with van der Waals surface area (Å²) in [6.07, 6.45) is 1.62. The molecule has 0 saturated heterocycles. The van der Waals surface area contributed by atoms with Gasteiger partial charge in [-0.3, -0.25) is 4.99 Å². The van der Waals surface area contributed by atoms with Gasteiger partial charge in [0.05, 0.1) is 21.4 Å². The minimum atomic E-state index is 0.614. The van der Waals surface area contributed by atoms with Gasteiger partial charge in [-0.05, 0) is 44.0 Å². The van der Waals surface area contributed by atoms with Gasteiger partial charge in [-0.1, -0.05) is 23.7 Å². The van der Waals surface area contributed by atoms with Crippen molar-refractivity contribution in [2.24, 2.45) is 4.99 Å². The first-order chi connectivity index (χ1) is 7.66. The zero-order valence-electron chi connectivity index (χ0n) is 7.95. The summed E-state index contributed by atoms with van der Waals surface area (Å²) in [5.41, 5.74) is 0.716. The number of hydrogen-bond donors (Lipinski definition) is 0. The minimum Gasteiger partial charge on any atom is -0.447 e. The van der Waals surface area contributed by atoms with E-state index < -0.39 is 0 Å². The molecule has 0 atom stereocenters. The predicted molar refractivity (Wildman–Crippen MR) is 72.8 cm³/mol. The molecule has 0 saturated carbocycles. The van der Waals surface area contributed by atoms with Crippen LogP contribution >= 0.6 is 43.5 Å². The summed E-state index contributed by atoms with van der Waals surface area (Å²) in [6.45, 7) is 0. The van der Waals surface area contributed by atoms with Gasteiger partial charge in [0.15, 0.2) is 4.67 Å². The molecule has 1 aromatic carbocycles. The maximum atomic E-state index is 5.96. The van der Waals surface area contributed by atoms with Crippen molar-refractivity contribution in [3.05, 3.63) is 50.3 Å². The number of nitrogens with zero attached hydrogens (tertiary/aromatic N) is 1. The second-order valence-corrected chi connectivity index (χ2v) is 4.96. The largest absolute Gasteiger partial charge is 0.447 e. The third-order valence-corrected chi connectivity index (χ3v) is 3.88. The molecule has 2 nitrogen and oxygen atoms in total. The lowest BCUT2D eigenvalue weighted by Crippen LogP contribution is -1.74. The SMILES string of the molecule is Clc1ccccc1N=Cc1cc(Br)c(Br)o1. The van der Waals surface area contributed by atoms with E-state index in [1.807, 2.05) is 24.3 Å². The molecule has 2 aromatic rings. The topological polar surface area (TPSA) is 25.5 Å². The molecular formula is C11H6Br2ClNO. The minimum absolute atomic E-state index is 0.614. The predicted octanol–water partition coefficient (Wildman–Crippen LogP) is 5.21. The molecule has 0 fully saturated rings. The number of aliphatic imine (C=N–C) groups is 1. The maximum Gasteiger partial charge on any atom is 0.184 e. The van der Waals surface area contributed by atoms with Crippen LogP contribution in [0.2, 0.25) is 5.02 Å². The highest BCUT2D eigenvalue weighted by Crippen LogP contribution is 2.27. The van der Waals surface area contributed by atoms with Gasteiger partial charge in [-0.15, -0.1) is 0 Å². The van der Waals surface area contributed by atoms with Crippen molar-refractivity contribution in [2.75, 3.05) is 0 Å². The molecule has 0 amide bonds. The first-order valence-electron chi connectivity index (χ1n) is 4.40. The van der Waals surface area contributed by atoms with Crippen molar-refractivity contribution < 1.29 is 4.42 Å². The number of halogens is 3. The van der Waals surface area contributed by atoms with E-state index in [0.29, 0.717) is 21.1 Å². The van der Waals surface area contributed by atoms with Crippen LogP contribution in [0.5, 0.6) is 0 Å². The molecule has 1 aromatic heterocycles. The zero-order chi connectivity index (χ0) is 11.5. The van der Waals surface area contributed by atoms with E-state index in [1.54, 1.807) is 12.3 Å². The summed E-state index contributed by atoms with van der Waals surface area (Å²) in [5, 5.41) is 0.614. The summed E-state index contributed by atoms with van der Waals surface area (Å²) < 4.78 is 6.85. The van der Waals surface area contributed by atoms with Crippen LogP contribution < -0.4 is 0 Å². The van der Waals surface area contributed by atoms with Gasteiger partial charge in [0.2, 0.25) is 0 Å². The van der Waals surface area contributed by atoms with Gasteiger partial charge in [0.25, 0.3) is 0 Å². The van der Waals surface area contributed by atoms with Crippen LogP contribution in [-0.4, -0.2) is 6.21 Å². The molecule has 0 unspecified atom stereocenters. The zero-order valence-corrected chi connectivity index (χ0v) is 11.9. The van der Waals surface area contributed by atoms with Gasteiger partial charge in [-0.25, -0.2) is 0 Å². The molecule has 82 valence electrons. The van der Waals surface area contributed by atoms with Crippen LogP contribution in [0.15, 0.2) is 48.9 Å². The summed E-state index contributed by atoms with van der Waals surface area (Å²) >= 11 is 12.5. The quantitative estimate of drug-likeness (QED) is 0.673. The van der Waals surface area contributed by atoms with Crippen molar-refractivity contribution in [3.63, 3.8) is 0 Å². The smallest absolute Gasteiger partial charge is 0.184 e. The lowest BCUT2D eigenvalue weighted by molar-refractivity contribution is 0.533. The van der Waals surface area contributed by atoms with E-state index in [-0.39, 0.29) is 0 Å². The van der Waals surface area contributed by atoms with Crippen LogP contribution in [0.4, 0.5) is 5.69 Å². The molecule has 1 heterocycles. The third kappa shape index (κ3) is 2.75. The van der Waals surface area contributed by atoms with Crippen molar-refractivity contribution in [2.45, 2.75) is 0 Å². The summed E-state index contributed by atoms with van der Waals surface area (Å²) in [7, 11) is 0. The fourth-order valence-electron chi connectivity index (χ4n) is 1.12. The van der Waals surface area contributed by atoms with Crippen LogP contribution in [0.3, 0.4) is 0 Å². The Kier molecular flexibility index (Phi) is 3.84. The molecule has 0 aliphatic rings. The average molecular weight is 363 g/mol. The lowest BCUT2D eigenvalue weighted by Gasteiger charge is -1.94. The van der Waals surface area contributed by atoms with E-state index in [9.17, 15) is 0 Å². The Balaban J connectivity index is 2.25. The van der Waals surface area contributed by atoms with Crippen LogP contribution in [0, 0.1) is 0 Å². The van der Waals surface area contributed by atoms with Crippen molar-refractivity contribution in [1.82, 2.24) is 0 Å². The van der Waals surface area contributed by atoms with Crippen LogP contribution in [0.1, 0.15) is 5.76 Å². The van der Waals surface area contributed by atoms with E-state index >= 15 is 0 Å². The second kappa shape index (κ2) is 5.17. The van der Waals surface area contributed by atoms with E-state index in [0.717, 1.165) is 4.47 Å². The number of hydrogen-bond acceptors (Lipinski definition) is 2. The average Bonchev–Trinajstić information content (AvgIpc) is 2.57. The Hall–Kier alpha value is -0.580. The molecule has 0 N–H and O–H groups in total. The third-order valence-electron chi connectivity index (χ3n) is 1.85. The Morgan fingerprint density at radius 1 is 1.25 bits per heavy atom. The van der Waals surface area contributed by atoms with Gasteiger partial charge in [-0.2, -0.15) is 0 Å². The Morgan fingerprint density at radius 2 is 2.00 bits per heavy atom. The van der Waals surface area contributed by atoms with Gasteiger partial charge in [0, 0.05) is 6.07 Å². The summed E-state index contributed by atoms with van der Waals surface area (Å²) in [5.74, 6) is 0.652. The van der Waals surface area contributed by atoms with E-state index in [2.05, 4.69) is 36.9 Å². The van der Waals surface area contributed by atoms with Gasteiger partial charge in [0.1, 0.15) is 5.76 Å². The second-order valence-electron chi connectivity index (χ2n) is 2.98. The van der Waals surface area contributed by atoms with Gasteiger partial charge < -0.3 is 4.42 Å². The number of furan rings is 1. The molecular weight excluding hydrogens is 357 g/mol. The highest BCUT2D eigenvalue weighted by Gasteiger charge is 2.03. The Morgan fingerprint density at radius 3 is 2.62 bits per heavy atom. The molecule has 0 aliphatic carbocycles. The number of para-hydroxylation sites is 1. The molecule has 2 rings (SSSR count). The number of rotatable bonds is 2. The van der Waals surface area contributed by atoms with Crippen molar-refractivity contribution >= 4 is 55.4 Å². The molecule has 0 aliphatic heterocycles. The lowest BCUT2D eigenvalue weighted by atomic mass is 10.3.